The number of nitrogens with one attached hydrogen (secondary N) is 1. The van der Waals surface area contributed by atoms with Crippen LogP contribution >= 0.6 is 0 Å². The van der Waals surface area contributed by atoms with E-state index in [-0.39, 0.29) is 29.4 Å². The average Bonchev–Trinajstić information content (AvgIpc) is 3.36. The lowest BCUT2D eigenvalue weighted by Gasteiger charge is -2.11. The average molecular weight is 627 g/mol. The number of benzene rings is 3. The van der Waals surface area contributed by atoms with Crippen LogP contribution in [0.15, 0.2) is 71.6 Å². The molecule has 0 fully saturated rings. The van der Waals surface area contributed by atoms with Crippen molar-refractivity contribution < 1.29 is 39.5 Å². The zero-order valence-corrected chi connectivity index (χ0v) is 24.1. The van der Waals surface area contributed by atoms with Gasteiger partial charge in [0.15, 0.2) is 9.84 Å². The van der Waals surface area contributed by atoms with Gasteiger partial charge in [-0.25, -0.2) is 13.4 Å². The molecule has 5 nitrogen and oxygen atoms in total. The molecule has 0 aliphatic heterocycles. The molecule has 1 heterocycles. The first-order valence-electron chi connectivity index (χ1n) is 14.0. The van der Waals surface area contributed by atoms with E-state index in [2.05, 4.69) is 9.97 Å². The molecule has 0 bridgehead atoms. The Morgan fingerprint density at radius 1 is 0.767 bits per heavy atom. The summed E-state index contributed by atoms with van der Waals surface area (Å²) in [6.07, 6.45) is -5.30. The highest BCUT2D eigenvalue weighted by molar-refractivity contribution is 7.91. The molecule has 0 unspecified atom stereocenters. The van der Waals surface area contributed by atoms with E-state index in [1.165, 1.54) is 12.1 Å². The van der Waals surface area contributed by atoms with Gasteiger partial charge in [-0.2, -0.15) is 26.3 Å². The van der Waals surface area contributed by atoms with E-state index in [4.69, 9.17) is 4.74 Å². The fourth-order valence-electron chi connectivity index (χ4n) is 4.78. The van der Waals surface area contributed by atoms with Crippen molar-refractivity contribution in [2.45, 2.75) is 75.2 Å². The van der Waals surface area contributed by atoms with E-state index < -0.39 is 34.2 Å². The third-order valence-electron chi connectivity index (χ3n) is 6.99. The van der Waals surface area contributed by atoms with Crippen LogP contribution in [0.2, 0.25) is 0 Å². The number of alkyl halides is 6. The Hall–Kier alpha value is -3.54. The number of unbranched alkanes of at least 4 members (excludes halogenated alkanes) is 6. The summed E-state index contributed by atoms with van der Waals surface area (Å²) >= 11 is 0. The molecule has 0 radical (unpaired) electrons. The molecule has 0 saturated carbocycles. The highest BCUT2D eigenvalue weighted by Gasteiger charge is 2.30. The smallest absolute Gasteiger partial charge is 0.416 e. The minimum atomic E-state index is -4.43. The van der Waals surface area contributed by atoms with Gasteiger partial charge in [-0.05, 0) is 60.9 Å². The molecule has 1 aromatic heterocycles. The number of ether oxygens (including phenoxy) is 1. The van der Waals surface area contributed by atoms with E-state index in [0.717, 1.165) is 25.0 Å². The van der Waals surface area contributed by atoms with Gasteiger partial charge in [-0.3, -0.25) is 0 Å². The number of fused-ring (bicyclic) bond motifs is 1. The van der Waals surface area contributed by atoms with Crippen molar-refractivity contribution in [3.8, 4) is 16.9 Å². The maximum atomic E-state index is 13.3. The molecule has 0 aliphatic rings. The van der Waals surface area contributed by atoms with Crippen LogP contribution in [-0.4, -0.2) is 30.3 Å². The first-order chi connectivity index (χ1) is 20.3. The molecule has 1 N–H and O–H groups in total. The van der Waals surface area contributed by atoms with Crippen molar-refractivity contribution in [3.63, 3.8) is 0 Å². The lowest BCUT2D eigenvalue weighted by Crippen LogP contribution is -2.08. The second-order valence-corrected chi connectivity index (χ2v) is 12.5. The number of aromatic nitrogens is 2. The third kappa shape index (κ3) is 9.47. The standard InChI is InChI=1S/C31H32F6N2O3S/c32-30(33,34)18-8-4-2-1-3-5-9-19-43(40,41)28-11-7-6-10-25(28)22-12-17-26-27(20-22)39-29(38-26)21-42-24-15-13-23(14-16-24)31(35,36)37/h6-7,10-17,20H,1-5,8-9,18-19,21H2,(H,38,39). The van der Waals surface area contributed by atoms with E-state index in [1.807, 2.05) is 0 Å². The summed E-state index contributed by atoms with van der Waals surface area (Å²) in [4.78, 5) is 7.79. The highest BCUT2D eigenvalue weighted by Crippen LogP contribution is 2.32. The first kappa shape index (κ1) is 32.4. The molecule has 0 aliphatic carbocycles. The van der Waals surface area contributed by atoms with Gasteiger partial charge >= 0.3 is 12.4 Å². The van der Waals surface area contributed by atoms with Crippen molar-refractivity contribution in [3.05, 3.63) is 78.1 Å². The Balaban J connectivity index is 1.35. The van der Waals surface area contributed by atoms with Crippen molar-refractivity contribution in [2.75, 3.05) is 5.75 Å². The van der Waals surface area contributed by atoms with Crippen LogP contribution in [0.5, 0.6) is 5.75 Å². The van der Waals surface area contributed by atoms with Crippen LogP contribution in [0.1, 0.15) is 62.8 Å². The number of halogens is 6. The molecule has 4 rings (SSSR count). The summed E-state index contributed by atoms with van der Waals surface area (Å²) in [6.45, 7) is -0.00605. The van der Waals surface area contributed by atoms with E-state index >= 15 is 0 Å². The number of imidazole rings is 1. The van der Waals surface area contributed by atoms with Crippen LogP contribution in [0, 0.1) is 0 Å². The van der Waals surface area contributed by atoms with Crippen LogP contribution in [0.25, 0.3) is 22.2 Å². The topological polar surface area (TPSA) is 72.1 Å². The van der Waals surface area contributed by atoms with Gasteiger partial charge in [-0.1, -0.05) is 56.4 Å². The fourth-order valence-corrected chi connectivity index (χ4v) is 6.39. The van der Waals surface area contributed by atoms with Crippen molar-refractivity contribution >= 4 is 20.9 Å². The minimum Gasteiger partial charge on any atom is -0.486 e. The second kappa shape index (κ2) is 13.8. The predicted octanol–water partition coefficient (Wildman–Crippen LogP) is 9.28. The summed E-state index contributed by atoms with van der Waals surface area (Å²) < 4.78 is 107. The largest absolute Gasteiger partial charge is 0.486 e. The lowest BCUT2D eigenvalue weighted by atomic mass is 10.1. The number of sulfone groups is 1. The van der Waals surface area contributed by atoms with Crippen molar-refractivity contribution in [2.24, 2.45) is 0 Å². The Bertz CT molecular complexity index is 1600. The molecular formula is C31H32F6N2O3S. The molecule has 0 amide bonds. The Labute approximate surface area is 246 Å². The monoisotopic (exact) mass is 626 g/mol. The summed E-state index contributed by atoms with van der Waals surface area (Å²) in [5.74, 6) is 0.679. The number of nitrogens with zero attached hydrogens (tertiary/aromatic N) is 1. The van der Waals surface area contributed by atoms with Crippen LogP contribution in [-0.2, 0) is 22.6 Å². The summed E-state index contributed by atoms with van der Waals surface area (Å²) in [5, 5.41) is 0. The van der Waals surface area contributed by atoms with Crippen molar-refractivity contribution in [1.29, 1.82) is 0 Å². The minimum absolute atomic E-state index is 0.00605. The molecular weight excluding hydrogens is 594 g/mol. The van der Waals surface area contributed by atoms with E-state index in [1.54, 1.807) is 42.5 Å². The van der Waals surface area contributed by atoms with E-state index in [0.29, 0.717) is 53.7 Å². The number of hydrogen-bond donors (Lipinski definition) is 1. The van der Waals surface area contributed by atoms with Crippen LogP contribution in [0.3, 0.4) is 0 Å². The molecule has 12 heteroatoms. The predicted molar refractivity (Wildman–Crippen MR) is 152 cm³/mol. The lowest BCUT2D eigenvalue weighted by molar-refractivity contribution is -0.137. The van der Waals surface area contributed by atoms with Gasteiger partial charge in [0.2, 0.25) is 0 Å². The summed E-state index contributed by atoms with van der Waals surface area (Å²) in [6, 6.07) is 16.4. The summed E-state index contributed by atoms with van der Waals surface area (Å²) in [5.41, 5.74) is 1.71. The zero-order valence-electron chi connectivity index (χ0n) is 23.3. The summed E-state index contributed by atoms with van der Waals surface area (Å²) in [7, 11) is -3.60. The molecule has 0 spiro atoms. The fraction of sp³-hybridized carbons (Fsp3) is 0.387. The van der Waals surface area contributed by atoms with Crippen molar-refractivity contribution in [1.82, 2.24) is 9.97 Å². The van der Waals surface area contributed by atoms with Gasteiger partial charge < -0.3 is 9.72 Å². The molecule has 43 heavy (non-hydrogen) atoms. The number of hydrogen-bond acceptors (Lipinski definition) is 4. The zero-order chi connectivity index (χ0) is 31.1. The van der Waals surface area contributed by atoms with Crippen LogP contribution < -0.4 is 4.74 Å². The highest BCUT2D eigenvalue weighted by atomic mass is 32.2. The Kier molecular flexibility index (Phi) is 10.4. The second-order valence-electron chi connectivity index (χ2n) is 10.4. The molecule has 0 atom stereocenters. The Morgan fingerprint density at radius 3 is 2.09 bits per heavy atom. The molecule has 232 valence electrons. The van der Waals surface area contributed by atoms with E-state index in [9.17, 15) is 34.8 Å². The van der Waals surface area contributed by atoms with Gasteiger partial charge in [-0.15, -0.1) is 0 Å². The van der Waals surface area contributed by atoms with Gasteiger partial charge in [0.25, 0.3) is 0 Å². The Morgan fingerprint density at radius 2 is 1.42 bits per heavy atom. The SMILES string of the molecule is O=S(=O)(CCCCCCCCCC(F)(F)F)c1ccccc1-c1ccc2nc(COc3ccc(C(F)(F)F)cc3)[nH]c2c1. The normalized spacial score (nSPS) is 12.6. The van der Waals surface area contributed by atoms with Gasteiger partial charge in [0.1, 0.15) is 18.2 Å². The van der Waals surface area contributed by atoms with Crippen LogP contribution in [0.4, 0.5) is 26.3 Å². The quantitative estimate of drug-likeness (QED) is 0.112. The molecule has 0 saturated heterocycles. The van der Waals surface area contributed by atoms with Gasteiger partial charge in [0, 0.05) is 12.0 Å². The third-order valence-corrected chi connectivity index (χ3v) is 8.85. The first-order valence-corrected chi connectivity index (χ1v) is 15.6. The number of H-pyrrole nitrogens is 1. The molecule has 3 aromatic carbocycles. The maximum Gasteiger partial charge on any atom is 0.416 e. The van der Waals surface area contributed by atoms with Gasteiger partial charge in [0.05, 0.1) is 27.2 Å². The molecule has 4 aromatic rings. The number of aromatic amines is 1. The number of rotatable bonds is 14. The maximum absolute atomic E-state index is 13.3.